The van der Waals surface area contributed by atoms with Crippen LogP contribution in [0.1, 0.15) is 6.92 Å². The number of allylic oxidation sites excluding steroid dienone is 1. The molecule has 0 amide bonds. The van der Waals surface area contributed by atoms with Gasteiger partial charge < -0.3 is 0 Å². The Balaban J connectivity index is 2.77. The second kappa shape index (κ2) is 3.13. The number of hydrogen-bond acceptors (Lipinski definition) is 2. The van der Waals surface area contributed by atoms with E-state index in [2.05, 4.69) is 11.6 Å². The second-order valence-corrected chi connectivity index (χ2v) is 2.45. The van der Waals surface area contributed by atoms with E-state index >= 15 is 0 Å². The van der Waals surface area contributed by atoms with Gasteiger partial charge in [-0.05, 0) is 24.1 Å². The summed E-state index contributed by atoms with van der Waals surface area (Å²) in [5.74, 6) is 1.69. The van der Waals surface area contributed by atoms with E-state index in [4.69, 9.17) is 0 Å². The van der Waals surface area contributed by atoms with Crippen molar-refractivity contribution in [1.82, 2.24) is 0 Å². The average molecular weight is 147 g/mol. The summed E-state index contributed by atoms with van der Waals surface area (Å²) in [6.45, 7) is 5.66. The van der Waals surface area contributed by atoms with Crippen molar-refractivity contribution in [1.29, 1.82) is 0 Å². The van der Waals surface area contributed by atoms with Gasteiger partial charge in [0.25, 0.3) is 0 Å². The van der Waals surface area contributed by atoms with E-state index in [9.17, 15) is 4.79 Å². The van der Waals surface area contributed by atoms with Crippen LogP contribution >= 0.6 is 0 Å². The Bertz CT molecular complexity index is 280. The summed E-state index contributed by atoms with van der Waals surface area (Å²) >= 11 is 0. The van der Waals surface area contributed by atoms with Crippen molar-refractivity contribution in [3.8, 4) is 0 Å². The molecule has 0 N–H and O–H groups in total. The molecule has 0 fully saturated rings. The lowest BCUT2D eigenvalue weighted by molar-refractivity contribution is 0.568. The number of nitrogens with zero attached hydrogens (tertiary/aromatic N) is 1. The SMILES string of the molecule is C=C(C=C=O)[C@H]1N=CC=C1C. The molecule has 2 heteroatoms. The van der Waals surface area contributed by atoms with E-state index < -0.39 is 0 Å². The lowest BCUT2D eigenvalue weighted by atomic mass is 10.0. The van der Waals surface area contributed by atoms with Crippen LogP contribution in [0.3, 0.4) is 0 Å². The zero-order valence-corrected chi connectivity index (χ0v) is 6.37. The predicted molar refractivity (Wildman–Crippen MR) is 45.4 cm³/mol. The molecule has 0 saturated heterocycles. The fourth-order valence-electron chi connectivity index (χ4n) is 0.998. The van der Waals surface area contributed by atoms with Gasteiger partial charge >= 0.3 is 0 Å². The summed E-state index contributed by atoms with van der Waals surface area (Å²) in [6, 6.07) is -0.0311. The van der Waals surface area contributed by atoms with Gasteiger partial charge in [0.1, 0.15) is 5.94 Å². The van der Waals surface area contributed by atoms with Gasteiger partial charge in [0.05, 0.1) is 6.04 Å². The molecule has 1 atom stereocenters. The van der Waals surface area contributed by atoms with Gasteiger partial charge in [0.2, 0.25) is 0 Å². The monoisotopic (exact) mass is 147 g/mol. The first-order valence-corrected chi connectivity index (χ1v) is 3.35. The van der Waals surface area contributed by atoms with Crippen LogP contribution in [0.5, 0.6) is 0 Å². The van der Waals surface area contributed by atoms with E-state index in [0.29, 0.717) is 5.57 Å². The maximum atomic E-state index is 9.97. The quantitative estimate of drug-likeness (QED) is 0.428. The second-order valence-electron chi connectivity index (χ2n) is 2.45. The maximum absolute atomic E-state index is 9.97. The van der Waals surface area contributed by atoms with E-state index in [1.54, 1.807) is 12.2 Å². The third kappa shape index (κ3) is 1.54. The minimum Gasteiger partial charge on any atom is -0.281 e. The number of carbonyl (C=O) groups excluding carboxylic acids is 1. The van der Waals surface area contributed by atoms with Crippen LogP contribution in [0, 0.1) is 0 Å². The minimum absolute atomic E-state index is 0.0311. The van der Waals surface area contributed by atoms with Crippen molar-refractivity contribution in [2.24, 2.45) is 4.99 Å². The molecule has 1 aliphatic heterocycles. The van der Waals surface area contributed by atoms with Gasteiger partial charge in [-0.3, -0.25) is 4.99 Å². The molecule has 0 aromatic heterocycles. The first-order chi connectivity index (χ1) is 5.25. The summed E-state index contributed by atoms with van der Waals surface area (Å²) in [5, 5.41) is 0. The average Bonchev–Trinajstić information content (AvgIpc) is 2.36. The van der Waals surface area contributed by atoms with Crippen LogP contribution in [0.25, 0.3) is 0 Å². The summed E-state index contributed by atoms with van der Waals surface area (Å²) in [6.07, 6.45) is 4.96. The van der Waals surface area contributed by atoms with Crippen molar-refractivity contribution in [3.63, 3.8) is 0 Å². The van der Waals surface area contributed by atoms with Gasteiger partial charge in [-0.1, -0.05) is 6.58 Å². The minimum atomic E-state index is -0.0311. The fraction of sp³-hybridized carbons (Fsp3) is 0.222. The summed E-state index contributed by atoms with van der Waals surface area (Å²) in [4.78, 5) is 14.1. The largest absolute Gasteiger partial charge is 0.281 e. The Morgan fingerprint density at radius 1 is 1.91 bits per heavy atom. The van der Waals surface area contributed by atoms with Crippen molar-refractivity contribution < 1.29 is 4.79 Å². The molecule has 0 saturated carbocycles. The number of rotatable bonds is 2. The van der Waals surface area contributed by atoms with Gasteiger partial charge in [-0.25, -0.2) is 4.79 Å². The highest BCUT2D eigenvalue weighted by molar-refractivity contribution is 5.77. The van der Waals surface area contributed by atoms with Gasteiger partial charge in [-0.15, -0.1) is 0 Å². The van der Waals surface area contributed by atoms with Crippen LogP contribution in [-0.4, -0.2) is 18.2 Å². The molecule has 1 heterocycles. The third-order valence-corrected chi connectivity index (χ3v) is 1.60. The van der Waals surface area contributed by atoms with E-state index in [1.807, 2.05) is 13.0 Å². The third-order valence-electron chi connectivity index (χ3n) is 1.60. The first kappa shape index (κ1) is 7.70. The van der Waals surface area contributed by atoms with E-state index in [1.165, 1.54) is 6.08 Å². The molecule has 0 aromatic rings. The van der Waals surface area contributed by atoms with Gasteiger partial charge in [0, 0.05) is 12.3 Å². The van der Waals surface area contributed by atoms with Crippen molar-refractivity contribution in [2.45, 2.75) is 13.0 Å². The molecule has 0 aromatic carbocycles. The predicted octanol–water partition coefficient (Wildman–Crippen LogP) is 1.33. The maximum Gasteiger partial charge on any atom is 0.124 e. The lowest BCUT2D eigenvalue weighted by Gasteiger charge is -2.06. The lowest BCUT2D eigenvalue weighted by Crippen LogP contribution is -2.03. The standard InChI is InChI=1S/C9H9NO/c1-7-3-5-10-9(7)8(2)4-6-11/h3-5,9H,2H2,1H3/t9-/m0/s1. The van der Waals surface area contributed by atoms with Crippen LogP contribution in [-0.2, 0) is 4.79 Å². The number of aliphatic imine (C=N–C) groups is 1. The van der Waals surface area contributed by atoms with Gasteiger partial charge in [-0.2, -0.15) is 0 Å². The molecule has 0 unspecified atom stereocenters. The van der Waals surface area contributed by atoms with Crippen LogP contribution in [0.2, 0.25) is 0 Å². The van der Waals surface area contributed by atoms with E-state index in [-0.39, 0.29) is 6.04 Å². The van der Waals surface area contributed by atoms with Crippen molar-refractivity contribution in [2.75, 3.05) is 0 Å². The molecule has 0 spiro atoms. The molecule has 0 radical (unpaired) electrons. The zero-order valence-electron chi connectivity index (χ0n) is 6.37. The van der Waals surface area contributed by atoms with Crippen molar-refractivity contribution in [3.05, 3.63) is 29.9 Å². The molecule has 0 bridgehead atoms. The zero-order chi connectivity index (χ0) is 8.27. The Labute approximate surface area is 65.6 Å². The Kier molecular flexibility index (Phi) is 2.19. The highest BCUT2D eigenvalue weighted by Crippen LogP contribution is 2.17. The van der Waals surface area contributed by atoms with Crippen LogP contribution < -0.4 is 0 Å². The topological polar surface area (TPSA) is 29.4 Å². The Morgan fingerprint density at radius 3 is 3.09 bits per heavy atom. The normalized spacial score (nSPS) is 20.8. The molecule has 0 aliphatic carbocycles. The molecule has 56 valence electrons. The molecular weight excluding hydrogens is 138 g/mol. The smallest absolute Gasteiger partial charge is 0.124 e. The summed E-state index contributed by atoms with van der Waals surface area (Å²) in [7, 11) is 0. The first-order valence-electron chi connectivity index (χ1n) is 3.35. The van der Waals surface area contributed by atoms with Crippen molar-refractivity contribution >= 4 is 12.2 Å². The number of hydrogen-bond donors (Lipinski definition) is 0. The molecule has 1 rings (SSSR count). The van der Waals surface area contributed by atoms with E-state index in [0.717, 1.165) is 5.57 Å². The molecule has 11 heavy (non-hydrogen) atoms. The Hall–Kier alpha value is -1.40. The molecular formula is C9H9NO. The summed E-state index contributed by atoms with van der Waals surface area (Å²) < 4.78 is 0. The van der Waals surface area contributed by atoms with Crippen LogP contribution in [0.4, 0.5) is 0 Å². The van der Waals surface area contributed by atoms with Crippen LogP contribution in [0.15, 0.2) is 34.9 Å². The highest BCUT2D eigenvalue weighted by Gasteiger charge is 2.13. The fourth-order valence-corrected chi connectivity index (χ4v) is 0.998. The summed E-state index contributed by atoms with van der Waals surface area (Å²) in [5.41, 5.74) is 1.81. The van der Waals surface area contributed by atoms with Gasteiger partial charge in [0.15, 0.2) is 0 Å². The Morgan fingerprint density at radius 2 is 2.64 bits per heavy atom. The highest BCUT2D eigenvalue weighted by atomic mass is 16.1. The molecule has 2 nitrogen and oxygen atoms in total. The molecule has 1 aliphatic rings.